The van der Waals surface area contributed by atoms with Crippen LogP contribution >= 0.6 is 22.9 Å². The molecule has 1 aromatic heterocycles. The van der Waals surface area contributed by atoms with Crippen LogP contribution in [0.5, 0.6) is 0 Å². The summed E-state index contributed by atoms with van der Waals surface area (Å²) in [6, 6.07) is 9.29. The molecule has 2 heterocycles. The fourth-order valence-corrected chi connectivity index (χ4v) is 5.06. The molecule has 4 rings (SSSR count). The molecule has 1 N–H and O–H groups in total. The first-order valence-electron chi connectivity index (χ1n) is 9.28. The number of fused-ring (bicyclic) bond motifs is 1. The number of carbonyl (C=O) groups excluding carboxylic acids is 2. The van der Waals surface area contributed by atoms with Crippen LogP contribution in [0, 0.1) is 0 Å². The number of nitrogens with one attached hydrogen (secondary N) is 1. The lowest BCUT2D eigenvalue weighted by Crippen LogP contribution is -2.50. The molecule has 0 saturated carbocycles. The highest BCUT2D eigenvalue weighted by Gasteiger charge is 2.26. The standard InChI is InChI=1S/C20H22ClN3O2S/c21-15-5-1-2-6-16(15)22-19(25)13-23-8-10-24(11-9-23)20(26)18-12-14-4-3-7-17(14)27-18/h1-2,5-6,12H,3-4,7-11,13H2,(H,22,25). The van der Waals surface area contributed by atoms with Gasteiger partial charge in [-0.1, -0.05) is 23.7 Å². The van der Waals surface area contributed by atoms with Crippen molar-refractivity contribution in [2.75, 3.05) is 38.0 Å². The Balaban J connectivity index is 1.27. The zero-order valence-electron chi connectivity index (χ0n) is 15.0. The summed E-state index contributed by atoms with van der Waals surface area (Å²) < 4.78 is 0. The van der Waals surface area contributed by atoms with Crippen LogP contribution in [0.15, 0.2) is 30.3 Å². The van der Waals surface area contributed by atoms with E-state index in [4.69, 9.17) is 11.6 Å². The Morgan fingerprint density at radius 3 is 2.63 bits per heavy atom. The molecule has 2 amide bonds. The molecule has 0 spiro atoms. The second kappa shape index (κ2) is 8.00. The lowest BCUT2D eigenvalue weighted by atomic mass is 10.2. The molecule has 7 heteroatoms. The van der Waals surface area contributed by atoms with Gasteiger partial charge in [0.05, 0.1) is 22.1 Å². The maximum Gasteiger partial charge on any atom is 0.264 e. The van der Waals surface area contributed by atoms with Gasteiger partial charge in [0, 0.05) is 31.1 Å². The number of hydrogen-bond acceptors (Lipinski definition) is 4. The van der Waals surface area contributed by atoms with Gasteiger partial charge in [0.2, 0.25) is 5.91 Å². The molecule has 2 aliphatic rings. The van der Waals surface area contributed by atoms with Gasteiger partial charge in [0.1, 0.15) is 0 Å². The summed E-state index contributed by atoms with van der Waals surface area (Å²) in [5.41, 5.74) is 1.99. The second-order valence-electron chi connectivity index (χ2n) is 7.01. The third-order valence-electron chi connectivity index (χ3n) is 5.13. The highest BCUT2D eigenvalue weighted by atomic mass is 35.5. The molecule has 1 aromatic carbocycles. The molecular weight excluding hydrogens is 382 g/mol. The van der Waals surface area contributed by atoms with Crippen LogP contribution in [0.3, 0.4) is 0 Å². The van der Waals surface area contributed by atoms with E-state index in [1.54, 1.807) is 23.5 Å². The smallest absolute Gasteiger partial charge is 0.264 e. The fourth-order valence-electron chi connectivity index (χ4n) is 3.65. The summed E-state index contributed by atoms with van der Waals surface area (Å²) in [5, 5.41) is 3.38. The first kappa shape index (κ1) is 18.5. The number of rotatable bonds is 4. The van der Waals surface area contributed by atoms with E-state index in [1.165, 1.54) is 16.9 Å². The van der Waals surface area contributed by atoms with Gasteiger partial charge in [0.15, 0.2) is 0 Å². The maximum absolute atomic E-state index is 12.7. The Bertz CT molecular complexity index is 837. The van der Waals surface area contributed by atoms with Crippen LogP contribution in [0.25, 0.3) is 0 Å². The van der Waals surface area contributed by atoms with Crippen molar-refractivity contribution in [3.8, 4) is 0 Å². The number of piperazine rings is 1. The van der Waals surface area contributed by atoms with Gasteiger partial charge >= 0.3 is 0 Å². The van der Waals surface area contributed by atoms with Crippen LogP contribution in [-0.2, 0) is 17.6 Å². The maximum atomic E-state index is 12.7. The van der Waals surface area contributed by atoms with Crippen molar-refractivity contribution in [3.63, 3.8) is 0 Å². The molecular formula is C20H22ClN3O2S. The van der Waals surface area contributed by atoms with Gasteiger partial charge in [-0.15, -0.1) is 11.3 Å². The van der Waals surface area contributed by atoms with Gasteiger partial charge in [-0.05, 0) is 43.0 Å². The van der Waals surface area contributed by atoms with E-state index in [0.29, 0.717) is 43.4 Å². The Hall–Kier alpha value is -1.89. The minimum absolute atomic E-state index is 0.0856. The van der Waals surface area contributed by atoms with Crippen LogP contribution in [0.2, 0.25) is 5.02 Å². The van der Waals surface area contributed by atoms with Crippen LogP contribution in [0.1, 0.15) is 26.5 Å². The lowest BCUT2D eigenvalue weighted by molar-refractivity contribution is -0.117. The Kier molecular flexibility index (Phi) is 5.48. The number of halogens is 1. The summed E-state index contributed by atoms with van der Waals surface area (Å²) >= 11 is 7.74. The molecule has 1 fully saturated rings. The zero-order chi connectivity index (χ0) is 18.8. The molecule has 0 bridgehead atoms. The van der Waals surface area contributed by atoms with E-state index < -0.39 is 0 Å². The quantitative estimate of drug-likeness (QED) is 0.852. The fraction of sp³-hybridized carbons (Fsp3) is 0.400. The van der Waals surface area contributed by atoms with Crippen LogP contribution in [0.4, 0.5) is 5.69 Å². The number of benzene rings is 1. The molecule has 0 radical (unpaired) electrons. The van der Waals surface area contributed by atoms with Gasteiger partial charge in [-0.3, -0.25) is 14.5 Å². The molecule has 1 aliphatic carbocycles. The Morgan fingerprint density at radius 1 is 1.11 bits per heavy atom. The van der Waals surface area contributed by atoms with Crippen molar-refractivity contribution in [2.45, 2.75) is 19.3 Å². The van der Waals surface area contributed by atoms with Crippen LogP contribution in [-0.4, -0.2) is 54.3 Å². The minimum Gasteiger partial charge on any atom is -0.335 e. The minimum atomic E-state index is -0.0856. The topological polar surface area (TPSA) is 52.7 Å². The molecule has 5 nitrogen and oxygen atoms in total. The molecule has 1 aliphatic heterocycles. The first-order valence-corrected chi connectivity index (χ1v) is 10.5. The van der Waals surface area contributed by atoms with Crippen molar-refractivity contribution in [3.05, 3.63) is 50.7 Å². The van der Waals surface area contributed by atoms with Crippen molar-refractivity contribution in [1.82, 2.24) is 9.80 Å². The Labute approximate surface area is 167 Å². The number of aryl methyl sites for hydroxylation is 2. The summed E-state index contributed by atoms with van der Waals surface area (Å²) in [6.07, 6.45) is 3.43. The molecule has 2 aromatic rings. The van der Waals surface area contributed by atoms with E-state index in [0.717, 1.165) is 17.7 Å². The highest BCUT2D eigenvalue weighted by Crippen LogP contribution is 2.31. The van der Waals surface area contributed by atoms with Crippen molar-refractivity contribution in [1.29, 1.82) is 0 Å². The summed E-state index contributed by atoms with van der Waals surface area (Å²) in [7, 11) is 0. The van der Waals surface area contributed by atoms with Crippen molar-refractivity contribution >= 4 is 40.4 Å². The predicted octanol–water partition coefficient (Wildman–Crippen LogP) is 3.29. The average molecular weight is 404 g/mol. The molecule has 142 valence electrons. The second-order valence-corrected chi connectivity index (χ2v) is 8.55. The number of anilines is 1. The molecule has 0 atom stereocenters. The van der Waals surface area contributed by atoms with Crippen LogP contribution < -0.4 is 5.32 Å². The van der Waals surface area contributed by atoms with E-state index in [9.17, 15) is 9.59 Å². The molecule has 27 heavy (non-hydrogen) atoms. The van der Waals surface area contributed by atoms with E-state index in [2.05, 4.69) is 16.3 Å². The molecule has 1 saturated heterocycles. The number of hydrogen-bond donors (Lipinski definition) is 1. The summed E-state index contributed by atoms with van der Waals surface area (Å²) in [4.78, 5) is 31.2. The highest BCUT2D eigenvalue weighted by molar-refractivity contribution is 7.14. The third kappa shape index (κ3) is 4.18. The number of carbonyl (C=O) groups is 2. The van der Waals surface area contributed by atoms with Crippen molar-refractivity contribution < 1.29 is 9.59 Å². The van der Waals surface area contributed by atoms with E-state index in [-0.39, 0.29) is 11.8 Å². The summed E-state index contributed by atoms with van der Waals surface area (Å²) in [6.45, 7) is 3.02. The number of thiophene rings is 1. The number of para-hydroxylation sites is 1. The average Bonchev–Trinajstić information content (AvgIpc) is 3.26. The van der Waals surface area contributed by atoms with Crippen molar-refractivity contribution in [2.24, 2.45) is 0 Å². The predicted molar refractivity (Wildman–Crippen MR) is 109 cm³/mol. The van der Waals surface area contributed by atoms with Gasteiger partial charge in [-0.25, -0.2) is 0 Å². The van der Waals surface area contributed by atoms with Gasteiger partial charge in [-0.2, -0.15) is 0 Å². The number of nitrogens with zero attached hydrogens (tertiary/aromatic N) is 2. The largest absolute Gasteiger partial charge is 0.335 e. The van der Waals surface area contributed by atoms with Gasteiger partial charge in [0.25, 0.3) is 5.91 Å². The van der Waals surface area contributed by atoms with Gasteiger partial charge < -0.3 is 10.2 Å². The zero-order valence-corrected chi connectivity index (χ0v) is 16.6. The summed E-state index contributed by atoms with van der Waals surface area (Å²) in [5.74, 6) is 0.0483. The third-order valence-corrected chi connectivity index (χ3v) is 6.69. The molecule has 0 unspecified atom stereocenters. The van der Waals surface area contributed by atoms with E-state index in [1.807, 2.05) is 17.0 Å². The van der Waals surface area contributed by atoms with E-state index >= 15 is 0 Å². The first-order chi connectivity index (χ1) is 13.1. The number of amides is 2. The SMILES string of the molecule is O=C(CN1CCN(C(=O)c2cc3c(s2)CCC3)CC1)Nc1ccccc1Cl. The lowest BCUT2D eigenvalue weighted by Gasteiger charge is -2.34. The normalized spacial score (nSPS) is 17.0. The monoisotopic (exact) mass is 403 g/mol. The Morgan fingerprint density at radius 2 is 1.89 bits per heavy atom.